The molecule has 0 radical (unpaired) electrons. The number of hydrogen-bond acceptors (Lipinski definition) is 4. The summed E-state index contributed by atoms with van der Waals surface area (Å²) < 4.78 is 7.64. The molecule has 4 rings (SSSR count). The number of hydrogen-bond donors (Lipinski definition) is 2. The summed E-state index contributed by atoms with van der Waals surface area (Å²) in [6, 6.07) is 18.0. The molecule has 2 aromatic carbocycles. The van der Waals surface area contributed by atoms with E-state index in [0.29, 0.717) is 23.8 Å². The van der Waals surface area contributed by atoms with Crippen molar-refractivity contribution in [1.29, 1.82) is 0 Å². The van der Waals surface area contributed by atoms with E-state index in [9.17, 15) is 4.79 Å². The zero-order chi connectivity index (χ0) is 19.5. The highest BCUT2D eigenvalue weighted by Crippen LogP contribution is 2.30. The van der Waals surface area contributed by atoms with E-state index in [1.54, 1.807) is 0 Å². The van der Waals surface area contributed by atoms with Crippen molar-refractivity contribution in [1.82, 2.24) is 19.9 Å². The molecule has 28 heavy (non-hydrogen) atoms. The fourth-order valence-electron chi connectivity index (χ4n) is 3.10. The minimum atomic E-state index is -0.156. The van der Waals surface area contributed by atoms with Crippen LogP contribution in [0, 0.1) is 0 Å². The van der Waals surface area contributed by atoms with Crippen LogP contribution in [0.5, 0.6) is 5.75 Å². The van der Waals surface area contributed by atoms with Crippen molar-refractivity contribution in [3.05, 3.63) is 77.5 Å². The van der Waals surface area contributed by atoms with E-state index in [1.165, 1.54) is 6.33 Å². The van der Waals surface area contributed by atoms with Gasteiger partial charge in [-0.3, -0.25) is 10.1 Å². The highest BCUT2D eigenvalue weighted by atomic mass is 16.5. The van der Waals surface area contributed by atoms with E-state index in [1.807, 2.05) is 65.4 Å². The van der Waals surface area contributed by atoms with Crippen molar-refractivity contribution in [3.8, 4) is 22.6 Å². The van der Waals surface area contributed by atoms with Crippen molar-refractivity contribution in [2.24, 2.45) is 0 Å². The zero-order valence-electron chi connectivity index (χ0n) is 15.8. The molecule has 0 aliphatic heterocycles. The molecule has 0 unspecified atom stereocenters. The molecule has 0 fully saturated rings. The average molecular weight is 374 g/mol. The Hall–Kier alpha value is -3.38. The van der Waals surface area contributed by atoms with Gasteiger partial charge in [0.15, 0.2) is 5.65 Å². The van der Waals surface area contributed by atoms with Gasteiger partial charge in [-0.25, -0.2) is 4.98 Å². The van der Waals surface area contributed by atoms with Crippen molar-refractivity contribution in [2.75, 3.05) is 6.73 Å². The lowest BCUT2D eigenvalue weighted by molar-refractivity contribution is 0.271. The van der Waals surface area contributed by atoms with Crippen LogP contribution < -0.4 is 15.6 Å². The van der Waals surface area contributed by atoms with E-state index >= 15 is 0 Å². The smallest absolute Gasteiger partial charge is 0.260 e. The first kappa shape index (κ1) is 18.0. The molecular weight excluding hydrogens is 352 g/mol. The number of ether oxygens (including phenoxy) is 1. The molecule has 0 aliphatic rings. The Morgan fingerprint density at radius 2 is 1.86 bits per heavy atom. The summed E-state index contributed by atoms with van der Waals surface area (Å²) in [7, 11) is 0. The average Bonchev–Trinajstić information content (AvgIpc) is 3.10. The number of para-hydroxylation sites is 1. The Morgan fingerprint density at radius 1 is 1.11 bits per heavy atom. The van der Waals surface area contributed by atoms with E-state index in [-0.39, 0.29) is 5.56 Å². The van der Waals surface area contributed by atoms with Crippen LogP contribution in [0.25, 0.3) is 27.8 Å². The number of nitrogens with zero attached hydrogens (tertiary/aromatic N) is 2. The van der Waals surface area contributed by atoms with Crippen LogP contribution in [0.3, 0.4) is 0 Å². The lowest BCUT2D eigenvalue weighted by Crippen LogP contribution is -2.27. The van der Waals surface area contributed by atoms with E-state index in [4.69, 9.17) is 4.74 Å². The molecule has 2 aromatic heterocycles. The molecule has 0 saturated heterocycles. The Balaban J connectivity index is 1.74. The van der Waals surface area contributed by atoms with Gasteiger partial charge in [0.25, 0.3) is 5.56 Å². The zero-order valence-corrected chi connectivity index (χ0v) is 15.8. The molecule has 2 heterocycles. The van der Waals surface area contributed by atoms with E-state index < -0.39 is 0 Å². The molecule has 142 valence electrons. The van der Waals surface area contributed by atoms with E-state index in [0.717, 1.165) is 22.6 Å². The molecule has 0 atom stereocenters. The number of benzene rings is 2. The molecule has 2 N–H and O–H groups in total. The largest absolute Gasteiger partial charge is 0.478 e. The van der Waals surface area contributed by atoms with Crippen LogP contribution in [-0.2, 0) is 0 Å². The summed E-state index contributed by atoms with van der Waals surface area (Å²) in [5, 5.41) is 3.78. The number of nitrogens with one attached hydrogen (secondary N) is 2. The van der Waals surface area contributed by atoms with Crippen LogP contribution in [0.4, 0.5) is 0 Å². The Bertz CT molecular complexity index is 1130. The standard InChI is InChI=1S/C22H22N4O2/c1-15(2)25-14-28-18-10-8-16(9-11-18)19-12-26(17-6-4-3-5-7-17)21-20(19)22(27)24-13-23-21/h3-13,15,25H,14H2,1-2H3,(H,23,24,27). The number of H-pyrrole nitrogens is 1. The molecular formula is C22H22N4O2. The first-order valence-corrected chi connectivity index (χ1v) is 9.24. The maximum Gasteiger partial charge on any atom is 0.260 e. The fraction of sp³-hybridized carbons (Fsp3) is 0.182. The first-order chi connectivity index (χ1) is 13.6. The Labute approximate surface area is 162 Å². The van der Waals surface area contributed by atoms with Gasteiger partial charge < -0.3 is 14.3 Å². The maximum atomic E-state index is 12.5. The number of aromatic amines is 1. The van der Waals surface area contributed by atoms with Gasteiger partial charge in [0, 0.05) is 23.5 Å². The van der Waals surface area contributed by atoms with E-state index in [2.05, 4.69) is 29.1 Å². The summed E-state index contributed by atoms with van der Waals surface area (Å²) in [6.45, 7) is 4.59. The van der Waals surface area contributed by atoms with Gasteiger partial charge in [0.05, 0.1) is 11.7 Å². The predicted molar refractivity (Wildman–Crippen MR) is 111 cm³/mol. The van der Waals surface area contributed by atoms with Crippen LogP contribution >= 0.6 is 0 Å². The predicted octanol–water partition coefficient (Wildman–Crippen LogP) is 3.72. The van der Waals surface area contributed by atoms with Gasteiger partial charge in [-0.15, -0.1) is 0 Å². The summed E-state index contributed by atoms with van der Waals surface area (Å²) in [5.41, 5.74) is 3.20. The van der Waals surface area contributed by atoms with Crippen LogP contribution in [0.15, 0.2) is 71.9 Å². The minimum absolute atomic E-state index is 0.156. The molecule has 0 spiro atoms. The Morgan fingerprint density at radius 3 is 2.57 bits per heavy atom. The molecule has 6 heteroatoms. The quantitative estimate of drug-likeness (QED) is 0.505. The highest BCUT2D eigenvalue weighted by molar-refractivity contribution is 5.94. The molecule has 0 bridgehead atoms. The van der Waals surface area contributed by atoms with Crippen LogP contribution in [0.1, 0.15) is 13.8 Å². The second-order valence-corrected chi connectivity index (χ2v) is 6.85. The van der Waals surface area contributed by atoms with Crippen molar-refractivity contribution in [3.63, 3.8) is 0 Å². The second-order valence-electron chi connectivity index (χ2n) is 6.85. The highest BCUT2D eigenvalue weighted by Gasteiger charge is 2.15. The van der Waals surface area contributed by atoms with Crippen molar-refractivity contribution in [2.45, 2.75) is 19.9 Å². The topological polar surface area (TPSA) is 71.9 Å². The van der Waals surface area contributed by atoms with Crippen molar-refractivity contribution < 1.29 is 4.74 Å². The molecule has 4 aromatic rings. The lowest BCUT2D eigenvalue weighted by atomic mass is 10.1. The van der Waals surface area contributed by atoms with Gasteiger partial charge >= 0.3 is 0 Å². The summed E-state index contributed by atoms with van der Waals surface area (Å²) in [5.74, 6) is 0.774. The SMILES string of the molecule is CC(C)NCOc1ccc(-c2cn(-c3ccccc3)c3nc[nH]c(=O)c23)cc1. The lowest BCUT2D eigenvalue weighted by Gasteiger charge is -2.10. The van der Waals surface area contributed by atoms with Gasteiger partial charge in [-0.05, 0) is 43.7 Å². The Kier molecular flexibility index (Phi) is 4.95. The van der Waals surface area contributed by atoms with Gasteiger partial charge in [0.2, 0.25) is 0 Å². The third kappa shape index (κ3) is 3.54. The van der Waals surface area contributed by atoms with Gasteiger partial charge in [-0.1, -0.05) is 30.3 Å². The second kappa shape index (κ2) is 7.70. The van der Waals surface area contributed by atoms with Gasteiger partial charge in [0.1, 0.15) is 12.5 Å². The molecule has 0 aliphatic carbocycles. The van der Waals surface area contributed by atoms with Crippen LogP contribution in [0.2, 0.25) is 0 Å². The van der Waals surface area contributed by atoms with Crippen molar-refractivity contribution >= 4 is 11.0 Å². The molecule has 0 amide bonds. The number of fused-ring (bicyclic) bond motifs is 1. The minimum Gasteiger partial charge on any atom is -0.478 e. The number of rotatable bonds is 6. The molecule has 0 saturated carbocycles. The number of aromatic nitrogens is 3. The summed E-state index contributed by atoms with van der Waals surface area (Å²) >= 11 is 0. The maximum absolute atomic E-state index is 12.5. The normalized spacial score (nSPS) is 11.2. The summed E-state index contributed by atoms with van der Waals surface area (Å²) in [6.07, 6.45) is 3.39. The van der Waals surface area contributed by atoms with Crippen LogP contribution in [-0.4, -0.2) is 27.3 Å². The third-order valence-electron chi connectivity index (χ3n) is 4.52. The molecule has 6 nitrogen and oxygen atoms in total. The first-order valence-electron chi connectivity index (χ1n) is 9.24. The third-order valence-corrected chi connectivity index (χ3v) is 4.52. The fourth-order valence-corrected chi connectivity index (χ4v) is 3.10. The summed E-state index contributed by atoms with van der Waals surface area (Å²) in [4.78, 5) is 19.6. The van der Waals surface area contributed by atoms with Gasteiger partial charge in [-0.2, -0.15) is 0 Å². The monoisotopic (exact) mass is 374 g/mol.